The Kier molecular flexibility index (Phi) is 3.35. The van der Waals surface area contributed by atoms with E-state index in [-0.39, 0.29) is 5.82 Å². The number of halogens is 1. The SMILES string of the molecule is COc1cccnc1C(N)c1ccc(F)cc1. The normalized spacial score (nSPS) is 12.2. The van der Waals surface area contributed by atoms with Crippen LogP contribution in [-0.2, 0) is 0 Å². The number of benzene rings is 1. The third-order valence-corrected chi connectivity index (χ3v) is 2.54. The average Bonchev–Trinajstić information content (AvgIpc) is 2.39. The van der Waals surface area contributed by atoms with E-state index in [1.165, 1.54) is 12.1 Å². The molecule has 1 unspecified atom stereocenters. The third-order valence-electron chi connectivity index (χ3n) is 2.54. The third kappa shape index (κ3) is 2.42. The van der Waals surface area contributed by atoms with E-state index in [4.69, 9.17) is 10.5 Å². The molecule has 2 N–H and O–H groups in total. The van der Waals surface area contributed by atoms with Crippen LogP contribution in [0.3, 0.4) is 0 Å². The number of hydrogen-bond acceptors (Lipinski definition) is 3. The van der Waals surface area contributed by atoms with Gasteiger partial charge < -0.3 is 10.5 Å². The molecular weight excluding hydrogens is 219 g/mol. The molecule has 0 amide bonds. The van der Waals surface area contributed by atoms with Crippen LogP contribution in [0, 0.1) is 5.82 Å². The summed E-state index contributed by atoms with van der Waals surface area (Å²) in [7, 11) is 1.57. The lowest BCUT2D eigenvalue weighted by molar-refractivity contribution is 0.404. The minimum Gasteiger partial charge on any atom is -0.495 e. The van der Waals surface area contributed by atoms with Gasteiger partial charge in [-0.15, -0.1) is 0 Å². The van der Waals surface area contributed by atoms with Gasteiger partial charge >= 0.3 is 0 Å². The van der Waals surface area contributed by atoms with Gasteiger partial charge in [-0.1, -0.05) is 12.1 Å². The van der Waals surface area contributed by atoms with Gasteiger partial charge in [-0.3, -0.25) is 4.98 Å². The Morgan fingerprint density at radius 1 is 1.24 bits per heavy atom. The fourth-order valence-corrected chi connectivity index (χ4v) is 1.64. The van der Waals surface area contributed by atoms with Gasteiger partial charge in [-0.25, -0.2) is 4.39 Å². The highest BCUT2D eigenvalue weighted by molar-refractivity contribution is 5.36. The van der Waals surface area contributed by atoms with Crippen molar-refractivity contribution in [2.24, 2.45) is 5.73 Å². The quantitative estimate of drug-likeness (QED) is 0.883. The summed E-state index contributed by atoms with van der Waals surface area (Å²) in [5.41, 5.74) is 7.51. The number of pyridine rings is 1. The summed E-state index contributed by atoms with van der Waals surface area (Å²) in [6, 6.07) is 9.20. The summed E-state index contributed by atoms with van der Waals surface area (Å²) in [6.07, 6.45) is 1.65. The summed E-state index contributed by atoms with van der Waals surface area (Å²) in [5.74, 6) is 0.346. The molecule has 17 heavy (non-hydrogen) atoms. The van der Waals surface area contributed by atoms with Crippen LogP contribution < -0.4 is 10.5 Å². The first kappa shape index (κ1) is 11.5. The van der Waals surface area contributed by atoms with Crippen molar-refractivity contribution in [1.82, 2.24) is 4.98 Å². The van der Waals surface area contributed by atoms with Gasteiger partial charge in [0.2, 0.25) is 0 Å². The second-order valence-corrected chi connectivity index (χ2v) is 3.62. The topological polar surface area (TPSA) is 48.1 Å². The molecule has 88 valence electrons. The number of hydrogen-bond donors (Lipinski definition) is 1. The maximum atomic E-state index is 12.8. The summed E-state index contributed by atoms with van der Waals surface area (Å²) in [4.78, 5) is 4.20. The average molecular weight is 232 g/mol. The zero-order valence-electron chi connectivity index (χ0n) is 9.43. The molecule has 4 heteroatoms. The molecule has 3 nitrogen and oxygen atoms in total. The molecule has 0 saturated carbocycles. The molecule has 0 aliphatic heterocycles. The first-order chi connectivity index (χ1) is 8.22. The van der Waals surface area contributed by atoms with E-state index >= 15 is 0 Å². The number of nitrogens with two attached hydrogens (primary N) is 1. The predicted octanol–water partition coefficient (Wildman–Crippen LogP) is 2.28. The molecule has 1 aromatic heterocycles. The number of aromatic nitrogens is 1. The predicted molar refractivity (Wildman–Crippen MR) is 63.2 cm³/mol. The monoisotopic (exact) mass is 232 g/mol. The Labute approximate surface area is 99.1 Å². The van der Waals surface area contributed by atoms with E-state index < -0.39 is 6.04 Å². The summed E-state index contributed by atoms with van der Waals surface area (Å²) < 4.78 is 18.0. The maximum Gasteiger partial charge on any atom is 0.142 e. The van der Waals surface area contributed by atoms with Crippen LogP contribution >= 0.6 is 0 Å². The van der Waals surface area contributed by atoms with Gasteiger partial charge in [0.15, 0.2) is 0 Å². The van der Waals surface area contributed by atoms with Crippen LogP contribution in [0.5, 0.6) is 5.75 Å². The molecular formula is C13H13FN2O. The molecule has 0 aliphatic rings. The molecule has 0 fully saturated rings. The molecule has 2 rings (SSSR count). The van der Waals surface area contributed by atoms with Crippen molar-refractivity contribution in [2.75, 3.05) is 7.11 Å². The van der Waals surface area contributed by atoms with Crippen LogP contribution in [0.25, 0.3) is 0 Å². The summed E-state index contributed by atoms with van der Waals surface area (Å²) in [5, 5.41) is 0. The number of rotatable bonds is 3. The fourth-order valence-electron chi connectivity index (χ4n) is 1.64. The van der Waals surface area contributed by atoms with Crippen molar-refractivity contribution in [1.29, 1.82) is 0 Å². The van der Waals surface area contributed by atoms with Crippen molar-refractivity contribution in [3.8, 4) is 5.75 Å². The van der Waals surface area contributed by atoms with Crippen molar-refractivity contribution in [3.05, 3.63) is 59.7 Å². The second kappa shape index (κ2) is 4.93. The molecule has 1 atom stereocenters. The first-order valence-corrected chi connectivity index (χ1v) is 5.22. The number of ether oxygens (including phenoxy) is 1. The standard InChI is InChI=1S/C13H13FN2O/c1-17-11-3-2-8-16-13(11)12(15)9-4-6-10(14)7-5-9/h2-8,12H,15H2,1H3. The van der Waals surface area contributed by atoms with Crippen LogP contribution in [0.4, 0.5) is 4.39 Å². The highest BCUT2D eigenvalue weighted by Crippen LogP contribution is 2.25. The Hall–Kier alpha value is -1.94. The van der Waals surface area contributed by atoms with E-state index in [0.717, 1.165) is 5.56 Å². The molecule has 0 radical (unpaired) electrons. The Balaban J connectivity index is 2.36. The fraction of sp³-hybridized carbons (Fsp3) is 0.154. The highest BCUT2D eigenvalue weighted by atomic mass is 19.1. The minimum absolute atomic E-state index is 0.283. The number of nitrogens with zero attached hydrogens (tertiary/aromatic N) is 1. The van der Waals surface area contributed by atoms with Crippen LogP contribution in [0.1, 0.15) is 17.3 Å². The molecule has 0 saturated heterocycles. The smallest absolute Gasteiger partial charge is 0.142 e. The van der Waals surface area contributed by atoms with Crippen LogP contribution in [0.15, 0.2) is 42.6 Å². The van der Waals surface area contributed by atoms with E-state index in [1.54, 1.807) is 37.6 Å². The second-order valence-electron chi connectivity index (χ2n) is 3.62. The van der Waals surface area contributed by atoms with Crippen LogP contribution in [-0.4, -0.2) is 12.1 Å². The van der Waals surface area contributed by atoms with Crippen molar-refractivity contribution < 1.29 is 9.13 Å². The summed E-state index contributed by atoms with van der Waals surface area (Å²) >= 11 is 0. The lowest BCUT2D eigenvalue weighted by Crippen LogP contribution is -2.14. The Morgan fingerprint density at radius 3 is 2.59 bits per heavy atom. The Morgan fingerprint density at radius 2 is 1.94 bits per heavy atom. The van der Waals surface area contributed by atoms with Gasteiger partial charge in [0.05, 0.1) is 13.2 Å². The molecule has 2 aromatic rings. The zero-order valence-corrected chi connectivity index (χ0v) is 9.43. The largest absolute Gasteiger partial charge is 0.495 e. The molecule has 1 heterocycles. The van der Waals surface area contributed by atoms with E-state index in [0.29, 0.717) is 11.4 Å². The lowest BCUT2D eigenvalue weighted by Gasteiger charge is -2.14. The lowest BCUT2D eigenvalue weighted by atomic mass is 10.0. The van der Waals surface area contributed by atoms with Crippen molar-refractivity contribution >= 4 is 0 Å². The highest BCUT2D eigenvalue weighted by Gasteiger charge is 2.14. The first-order valence-electron chi connectivity index (χ1n) is 5.22. The summed E-state index contributed by atoms with van der Waals surface area (Å²) in [6.45, 7) is 0. The van der Waals surface area contributed by atoms with Gasteiger partial charge in [0.25, 0.3) is 0 Å². The van der Waals surface area contributed by atoms with Gasteiger partial charge in [0, 0.05) is 6.20 Å². The number of methoxy groups -OCH3 is 1. The molecule has 0 aliphatic carbocycles. The molecule has 1 aromatic carbocycles. The minimum atomic E-state index is -0.424. The van der Waals surface area contributed by atoms with E-state index in [1.807, 2.05) is 0 Å². The van der Waals surface area contributed by atoms with E-state index in [9.17, 15) is 4.39 Å². The van der Waals surface area contributed by atoms with Gasteiger partial charge in [0.1, 0.15) is 17.3 Å². The van der Waals surface area contributed by atoms with Crippen LogP contribution in [0.2, 0.25) is 0 Å². The van der Waals surface area contributed by atoms with Gasteiger partial charge in [-0.05, 0) is 29.8 Å². The van der Waals surface area contributed by atoms with Crippen molar-refractivity contribution in [2.45, 2.75) is 6.04 Å². The zero-order chi connectivity index (χ0) is 12.3. The van der Waals surface area contributed by atoms with Gasteiger partial charge in [-0.2, -0.15) is 0 Å². The molecule has 0 spiro atoms. The maximum absolute atomic E-state index is 12.8. The molecule has 0 bridgehead atoms. The van der Waals surface area contributed by atoms with Crippen molar-refractivity contribution in [3.63, 3.8) is 0 Å². The Bertz CT molecular complexity index is 499. The van der Waals surface area contributed by atoms with E-state index in [2.05, 4.69) is 4.98 Å².